The first-order valence-electron chi connectivity index (χ1n) is 9.52. The molecule has 4 heterocycles. The summed E-state index contributed by atoms with van der Waals surface area (Å²) in [6.07, 6.45) is 3.23. The average Bonchev–Trinajstić information content (AvgIpc) is 3.32. The summed E-state index contributed by atoms with van der Waals surface area (Å²) in [7, 11) is 0. The zero-order chi connectivity index (χ0) is 19.5. The number of nitrogens with zero attached hydrogens (tertiary/aromatic N) is 4. The Bertz CT molecular complexity index is 840. The van der Waals surface area contributed by atoms with E-state index in [2.05, 4.69) is 20.4 Å². The van der Waals surface area contributed by atoms with Gasteiger partial charge in [-0.3, -0.25) is 14.6 Å². The molecule has 0 saturated carbocycles. The van der Waals surface area contributed by atoms with Gasteiger partial charge in [0.1, 0.15) is 12.5 Å². The summed E-state index contributed by atoms with van der Waals surface area (Å²) in [5, 5.41) is 6.60. The SMILES string of the molecule is Cc1noc(CC(=O)N2CC[C@H]3O[C@H](C(=O)NCc4ccccn4)CC[C@H]32)n1. The minimum atomic E-state index is -0.487. The van der Waals surface area contributed by atoms with Gasteiger partial charge in [-0.2, -0.15) is 4.98 Å². The Kier molecular flexibility index (Phi) is 5.34. The van der Waals surface area contributed by atoms with Gasteiger partial charge in [0.05, 0.1) is 24.4 Å². The number of likely N-dealkylation sites (tertiary alicyclic amines) is 1. The second kappa shape index (κ2) is 8.05. The maximum atomic E-state index is 12.6. The largest absolute Gasteiger partial charge is 0.363 e. The normalized spacial score (nSPS) is 24.0. The number of hydrogen-bond acceptors (Lipinski definition) is 7. The van der Waals surface area contributed by atoms with Crippen molar-refractivity contribution in [3.63, 3.8) is 0 Å². The highest BCUT2D eigenvalue weighted by Gasteiger charge is 2.43. The van der Waals surface area contributed by atoms with Crippen molar-refractivity contribution in [1.29, 1.82) is 0 Å². The van der Waals surface area contributed by atoms with E-state index in [9.17, 15) is 9.59 Å². The summed E-state index contributed by atoms with van der Waals surface area (Å²) in [6, 6.07) is 5.58. The van der Waals surface area contributed by atoms with E-state index < -0.39 is 6.10 Å². The molecule has 2 aromatic heterocycles. The molecule has 28 heavy (non-hydrogen) atoms. The lowest BCUT2D eigenvalue weighted by Gasteiger charge is -2.35. The van der Waals surface area contributed by atoms with Crippen LogP contribution in [-0.4, -0.2) is 56.6 Å². The van der Waals surface area contributed by atoms with Crippen molar-refractivity contribution in [2.24, 2.45) is 0 Å². The third kappa shape index (κ3) is 4.04. The first kappa shape index (κ1) is 18.5. The van der Waals surface area contributed by atoms with Crippen molar-refractivity contribution in [3.8, 4) is 0 Å². The lowest BCUT2D eigenvalue weighted by atomic mass is 9.98. The molecule has 0 aromatic carbocycles. The molecule has 9 heteroatoms. The lowest BCUT2D eigenvalue weighted by molar-refractivity contribution is -0.147. The highest BCUT2D eigenvalue weighted by Crippen LogP contribution is 2.32. The fourth-order valence-corrected chi connectivity index (χ4v) is 3.87. The van der Waals surface area contributed by atoms with Crippen molar-refractivity contribution in [2.45, 2.75) is 57.4 Å². The van der Waals surface area contributed by atoms with E-state index in [-0.39, 0.29) is 30.4 Å². The van der Waals surface area contributed by atoms with E-state index in [0.29, 0.717) is 31.2 Å². The number of fused-ring (bicyclic) bond motifs is 1. The maximum Gasteiger partial charge on any atom is 0.249 e. The zero-order valence-corrected chi connectivity index (χ0v) is 15.7. The minimum Gasteiger partial charge on any atom is -0.363 e. The van der Waals surface area contributed by atoms with Crippen LogP contribution < -0.4 is 5.32 Å². The van der Waals surface area contributed by atoms with Gasteiger partial charge in [-0.15, -0.1) is 0 Å². The highest BCUT2D eigenvalue weighted by molar-refractivity contribution is 5.81. The Labute approximate surface area is 162 Å². The Hall–Kier alpha value is -2.81. The van der Waals surface area contributed by atoms with Crippen molar-refractivity contribution < 1.29 is 18.8 Å². The third-order valence-electron chi connectivity index (χ3n) is 5.20. The Morgan fingerprint density at radius 1 is 1.29 bits per heavy atom. The van der Waals surface area contributed by atoms with Crippen LogP contribution in [0.25, 0.3) is 0 Å². The monoisotopic (exact) mass is 385 g/mol. The average molecular weight is 385 g/mol. The fourth-order valence-electron chi connectivity index (χ4n) is 3.87. The summed E-state index contributed by atoms with van der Waals surface area (Å²) < 4.78 is 11.1. The van der Waals surface area contributed by atoms with Gasteiger partial charge in [-0.05, 0) is 38.3 Å². The number of aromatic nitrogens is 3. The maximum absolute atomic E-state index is 12.6. The molecule has 0 radical (unpaired) electrons. The summed E-state index contributed by atoms with van der Waals surface area (Å²) >= 11 is 0. The van der Waals surface area contributed by atoms with E-state index in [1.165, 1.54) is 0 Å². The molecule has 2 fully saturated rings. The standard InChI is InChI=1S/C19H23N5O4/c1-12-22-17(28-23-12)10-18(25)24-9-7-15-14(24)5-6-16(27-15)19(26)21-11-13-4-2-3-8-20-13/h2-4,8,14-16H,5-7,9-11H2,1H3,(H,21,26)/t14-,15-,16+/m1/s1. The molecule has 2 amide bonds. The number of rotatable bonds is 5. The van der Waals surface area contributed by atoms with Crippen molar-refractivity contribution in [2.75, 3.05) is 6.54 Å². The van der Waals surface area contributed by atoms with Crippen LogP contribution in [0.2, 0.25) is 0 Å². The number of aryl methyl sites for hydroxylation is 1. The van der Waals surface area contributed by atoms with Gasteiger partial charge < -0.3 is 19.5 Å². The predicted octanol–water partition coefficient (Wildman–Crippen LogP) is 0.780. The van der Waals surface area contributed by atoms with Crippen LogP contribution in [0.1, 0.15) is 36.7 Å². The summed E-state index contributed by atoms with van der Waals surface area (Å²) in [5.41, 5.74) is 0.804. The smallest absolute Gasteiger partial charge is 0.249 e. The lowest BCUT2D eigenvalue weighted by Crippen LogP contribution is -2.49. The van der Waals surface area contributed by atoms with Crippen molar-refractivity contribution >= 4 is 11.8 Å². The molecule has 0 aliphatic carbocycles. The van der Waals surface area contributed by atoms with Gasteiger partial charge >= 0.3 is 0 Å². The van der Waals surface area contributed by atoms with Crippen LogP contribution in [0, 0.1) is 6.92 Å². The summed E-state index contributed by atoms with van der Waals surface area (Å²) in [6.45, 7) is 2.71. The predicted molar refractivity (Wildman–Crippen MR) is 96.8 cm³/mol. The van der Waals surface area contributed by atoms with E-state index in [4.69, 9.17) is 9.26 Å². The van der Waals surface area contributed by atoms with Crippen LogP contribution >= 0.6 is 0 Å². The topological polar surface area (TPSA) is 110 Å². The van der Waals surface area contributed by atoms with Crippen LogP contribution in [0.15, 0.2) is 28.9 Å². The van der Waals surface area contributed by atoms with Crippen LogP contribution in [-0.2, 0) is 27.3 Å². The van der Waals surface area contributed by atoms with E-state index >= 15 is 0 Å². The van der Waals surface area contributed by atoms with Gasteiger partial charge in [-0.25, -0.2) is 0 Å². The molecule has 3 atom stereocenters. The van der Waals surface area contributed by atoms with Gasteiger partial charge in [0.2, 0.25) is 17.7 Å². The van der Waals surface area contributed by atoms with Gasteiger partial charge in [0.15, 0.2) is 5.82 Å². The fraction of sp³-hybridized carbons (Fsp3) is 0.526. The molecular weight excluding hydrogens is 362 g/mol. The third-order valence-corrected chi connectivity index (χ3v) is 5.20. The number of nitrogens with one attached hydrogen (secondary N) is 1. The number of carbonyl (C=O) groups excluding carboxylic acids is 2. The molecule has 148 valence electrons. The second-order valence-electron chi connectivity index (χ2n) is 7.13. The number of amides is 2. The van der Waals surface area contributed by atoms with E-state index in [0.717, 1.165) is 18.5 Å². The molecule has 0 bridgehead atoms. The van der Waals surface area contributed by atoms with Crippen molar-refractivity contribution in [1.82, 2.24) is 25.3 Å². The highest BCUT2D eigenvalue weighted by atomic mass is 16.5. The molecule has 2 aliphatic heterocycles. The second-order valence-corrected chi connectivity index (χ2v) is 7.13. The van der Waals surface area contributed by atoms with Crippen LogP contribution in [0.5, 0.6) is 0 Å². The number of hydrogen-bond donors (Lipinski definition) is 1. The molecule has 0 spiro atoms. The molecule has 2 aliphatic rings. The molecule has 9 nitrogen and oxygen atoms in total. The van der Waals surface area contributed by atoms with E-state index in [1.807, 2.05) is 23.1 Å². The minimum absolute atomic E-state index is 0.00337. The molecule has 2 aromatic rings. The summed E-state index contributed by atoms with van der Waals surface area (Å²) in [5.74, 6) is 0.671. The van der Waals surface area contributed by atoms with Crippen LogP contribution in [0.4, 0.5) is 0 Å². The van der Waals surface area contributed by atoms with E-state index in [1.54, 1.807) is 13.1 Å². The first-order valence-corrected chi connectivity index (χ1v) is 9.52. The molecule has 1 N–H and O–H groups in total. The Morgan fingerprint density at radius 2 is 2.18 bits per heavy atom. The van der Waals surface area contributed by atoms with Crippen molar-refractivity contribution in [3.05, 3.63) is 41.8 Å². The molecule has 0 unspecified atom stereocenters. The molecule has 2 saturated heterocycles. The Balaban J connectivity index is 1.29. The first-order chi connectivity index (χ1) is 13.6. The number of carbonyl (C=O) groups is 2. The number of ether oxygens (including phenoxy) is 1. The van der Waals surface area contributed by atoms with Gasteiger partial charge in [0.25, 0.3) is 0 Å². The quantitative estimate of drug-likeness (QED) is 0.810. The van der Waals surface area contributed by atoms with Gasteiger partial charge in [0, 0.05) is 12.7 Å². The molecule has 4 rings (SSSR count). The van der Waals surface area contributed by atoms with Crippen LogP contribution in [0.3, 0.4) is 0 Å². The summed E-state index contributed by atoms with van der Waals surface area (Å²) in [4.78, 5) is 35.2. The number of pyridine rings is 1. The van der Waals surface area contributed by atoms with Gasteiger partial charge in [-0.1, -0.05) is 11.2 Å². The Morgan fingerprint density at radius 3 is 2.93 bits per heavy atom. The molecular formula is C19H23N5O4. The zero-order valence-electron chi connectivity index (χ0n) is 15.7.